The van der Waals surface area contributed by atoms with Gasteiger partial charge in [0.2, 0.25) is 5.95 Å². The second-order valence-corrected chi connectivity index (χ2v) is 7.42. The molecule has 158 valence electrons. The second-order valence-electron chi connectivity index (χ2n) is 7.42. The highest BCUT2D eigenvalue weighted by Crippen LogP contribution is 2.32. The predicted octanol–water partition coefficient (Wildman–Crippen LogP) is 3.39. The van der Waals surface area contributed by atoms with Crippen LogP contribution in [-0.4, -0.2) is 58.1 Å². The lowest BCUT2D eigenvalue weighted by molar-refractivity contribution is 0.0530. The van der Waals surface area contributed by atoms with Crippen LogP contribution in [-0.2, 0) is 4.74 Å². The SMILES string of the molecule is COc1cc(-c2cn[nH]c2)ccc1Nc1ncc2ccnc(N3CCOC(C)C3)c2n1. The molecule has 0 saturated carbocycles. The van der Waals surface area contributed by atoms with Crippen molar-refractivity contribution in [2.45, 2.75) is 13.0 Å². The molecule has 31 heavy (non-hydrogen) atoms. The van der Waals surface area contributed by atoms with E-state index in [1.54, 1.807) is 19.5 Å². The molecule has 1 atom stereocenters. The molecular weight excluding hydrogens is 394 g/mol. The van der Waals surface area contributed by atoms with Gasteiger partial charge in [-0.3, -0.25) is 5.10 Å². The summed E-state index contributed by atoms with van der Waals surface area (Å²) in [5.41, 5.74) is 3.58. The molecular formula is C22H23N7O2. The van der Waals surface area contributed by atoms with Gasteiger partial charge in [-0.05, 0) is 30.7 Å². The van der Waals surface area contributed by atoms with Crippen LogP contribution in [0, 0.1) is 0 Å². The fourth-order valence-corrected chi connectivity index (χ4v) is 3.75. The number of nitrogens with zero attached hydrogens (tertiary/aromatic N) is 5. The van der Waals surface area contributed by atoms with Crippen LogP contribution in [0.2, 0.25) is 0 Å². The van der Waals surface area contributed by atoms with Crippen LogP contribution >= 0.6 is 0 Å². The first-order valence-corrected chi connectivity index (χ1v) is 10.1. The number of H-pyrrole nitrogens is 1. The smallest absolute Gasteiger partial charge is 0.227 e. The van der Waals surface area contributed by atoms with Crippen LogP contribution in [0.1, 0.15) is 6.92 Å². The average Bonchev–Trinajstić information content (AvgIpc) is 3.34. The number of pyridine rings is 1. The molecule has 1 aromatic carbocycles. The summed E-state index contributed by atoms with van der Waals surface area (Å²) in [6.07, 6.45) is 7.38. The number of methoxy groups -OCH3 is 1. The van der Waals surface area contributed by atoms with Crippen LogP contribution < -0.4 is 15.0 Å². The third kappa shape index (κ3) is 3.87. The molecule has 0 spiro atoms. The number of aromatic nitrogens is 5. The van der Waals surface area contributed by atoms with Crippen molar-refractivity contribution in [3.8, 4) is 16.9 Å². The maximum Gasteiger partial charge on any atom is 0.227 e. The van der Waals surface area contributed by atoms with Crippen molar-refractivity contribution in [1.82, 2.24) is 25.1 Å². The van der Waals surface area contributed by atoms with E-state index in [9.17, 15) is 0 Å². The molecule has 2 N–H and O–H groups in total. The number of aromatic amines is 1. The van der Waals surface area contributed by atoms with Crippen LogP contribution in [0.4, 0.5) is 17.5 Å². The van der Waals surface area contributed by atoms with Crippen molar-refractivity contribution >= 4 is 28.4 Å². The van der Waals surface area contributed by atoms with Gasteiger partial charge >= 0.3 is 0 Å². The van der Waals surface area contributed by atoms with Gasteiger partial charge in [-0.1, -0.05) is 6.07 Å². The van der Waals surface area contributed by atoms with Crippen LogP contribution in [0.25, 0.3) is 22.0 Å². The summed E-state index contributed by atoms with van der Waals surface area (Å²) in [6, 6.07) is 7.82. The van der Waals surface area contributed by atoms with Crippen molar-refractivity contribution in [2.24, 2.45) is 0 Å². The van der Waals surface area contributed by atoms with Gasteiger partial charge in [-0.25, -0.2) is 15.0 Å². The zero-order valence-corrected chi connectivity index (χ0v) is 17.4. The standard InChI is InChI=1S/C22H23N7O2/c1-14-13-29(7-8-31-14)21-20-16(5-6-23-21)10-24-22(28-20)27-18-4-3-15(9-19(18)30-2)17-11-25-26-12-17/h3-6,9-12,14H,7-8,13H2,1-2H3,(H,25,26)(H,24,27,28). The number of ether oxygens (including phenoxy) is 2. The molecule has 3 aromatic heterocycles. The number of benzene rings is 1. The van der Waals surface area contributed by atoms with E-state index in [4.69, 9.17) is 14.5 Å². The molecule has 0 aliphatic carbocycles. The average molecular weight is 417 g/mol. The molecule has 0 radical (unpaired) electrons. The predicted molar refractivity (Wildman–Crippen MR) is 119 cm³/mol. The van der Waals surface area contributed by atoms with Crippen molar-refractivity contribution in [3.05, 3.63) is 49.1 Å². The first-order valence-electron chi connectivity index (χ1n) is 10.1. The van der Waals surface area contributed by atoms with Gasteiger partial charge in [0.25, 0.3) is 0 Å². The van der Waals surface area contributed by atoms with E-state index in [0.29, 0.717) is 18.3 Å². The van der Waals surface area contributed by atoms with E-state index in [1.807, 2.05) is 36.7 Å². The molecule has 1 saturated heterocycles. The molecule has 4 aromatic rings. The van der Waals surface area contributed by atoms with Crippen molar-refractivity contribution < 1.29 is 9.47 Å². The van der Waals surface area contributed by atoms with Gasteiger partial charge in [0.15, 0.2) is 5.82 Å². The molecule has 0 amide bonds. The third-order valence-electron chi connectivity index (χ3n) is 5.30. The highest BCUT2D eigenvalue weighted by molar-refractivity contribution is 5.89. The zero-order valence-electron chi connectivity index (χ0n) is 17.4. The highest BCUT2D eigenvalue weighted by atomic mass is 16.5. The number of hydrogen-bond donors (Lipinski definition) is 2. The van der Waals surface area contributed by atoms with Crippen LogP contribution in [0.3, 0.4) is 0 Å². The second kappa shape index (κ2) is 8.19. The van der Waals surface area contributed by atoms with Crippen LogP contribution in [0.15, 0.2) is 49.1 Å². The molecule has 1 unspecified atom stereocenters. The first-order chi connectivity index (χ1) is 15.2. The Hall–Kier alpha value is -3.72. The Morgan fingerprint density at radius 1 is 1.19 bits per heavy atom. The largest absolute Gasteiger partial charge is 0.495 e. The van der Waals surface area contributed by atoms with Gasteiger partial charge in [0.1, 0.15) is 11.3 Å². The molecule has 5 rings (SSSR count). The fourth-order valence-electron chi connectivity index (χ4n) is 3.75. The van der Waals surface area contributed by atoms with Gasteiger partial charge in [-0.2, -0.15) is 5.10 Å². The molecule has 9 heteroatoms. The minimum absolute atomic E-state index is 0.156. The summed E-state index contributed by atoms with van der Waals surface area (Å²) in [4.78, 5) is 16.1. The quantitative estimate of drug-likeness (QED) is 0.510. The molecule has 0 bridgehead atoms. The Kier molecular flexibility index (Phi) is 5.09. The first kappa shape index (κ1) is 19.3. The van der Waals surface area contributed by atoms with Gasteiger partial charge in [-0.15, -0.1) is 0 Å². The van der Waals surface area contributed by atoms with E-state index >= 15 is 0 Å². The lowest BCUT2D eigenvalue weighted by Crippen LogP contribution is -2.41. The summed E-state index contributed by atoms with van der Waals surface area (Å²) < 4.78 is 11.3. The van der Waals surface area contributed by atoms with Crippen molar-refractivity contribution in [2.75, 3.05) is 37.0 Å². The minimum atomic E-state index is 0.156. The summed E-state index contributed by atoms with van der Waals surface area (Å²) in [5.74, 6) is 2.02. The summed E-state index contributed by atoms with van der Waals surface area (Å²) >= 11 is 0. The van der Waals surface area contributed by atoms with E-state index < -0.39 is 0 Å². The fraction of sp³-hybridized carbons (Fsp3) is 0.273. The molecule has 1 fully saturated rings. The number of rotatable bonds is 5. The Morgan fingerprint density at radius 2 is 2.13 bits per heavy atom. The normalized spacial score (nSPS) is 16.5. The topological polar surface area (TPSA) is 101 Å². The summed E-state index contributed by atoms with van der Waals surface area (Å²) in [7, 11) is 1.64. The maximum atomic E-state index is 5.67. The lowest BCUT2D eigenvalue weighted by Gasteiger charge is -2.32. The Labute approximate surface area is 179 Å². The number of fused-ring (bicyclic) bond motifs is 1. The van der Waals surface area contributed by atoms with Gasteiger partial charge in [0.05, 0.1) is 31.7 Å². The maximum absolute atomic E-state index is 5.67. The monoisotopic (exact) mass is 417 g/mol. The third-order valence-corrected chi connectivity index (χ3v) is 5.30. The van der Waals surface area contributed by atoms with E-state index in [0.717, 1.165) is 46.6 Å². The molecule has 1 aliphatic heterocycles. The molecule has 1 aliphatic rings. The Morgan fingerprint density at radius 3 is 2.94 bits per heavy atom. The highest BCUT2D eigenvalue weighted by Gasteiger charge is 2.21. The molecule has 9 nitrogen and oxygen atoms in total. The van der Waals surface area contributed by atoms with E-state index in [2.05, 4.69) is 37.3 Å². The summed E-state index contributed by atoms with van der Waals surface area (Å²) in [6.45, 7) is 4.31. The Balaban J connectivity index is 1.47. The number of anilines is 3. The van der Waals surface area contributed by atoms with E-state index in [1.165, 1.54) is 0 Å². The van der Waals surface area contributed by atoms with Crippen molar-refractivity contribution in [1.29, 1.82) is 0 Å². The lowest BCUT2D eigenvalue weighted by atomic mass is 10.1. The number of morpholine rings is 1. The van der Waals surface area contributed by atoms with Crippen molar-refractivity contribution in [3.63, 3.8) is 0 Å². The van der Waals surface area contributed by atoms with Gasteiger partial charge < -0.3 is 19.7 Å². The van der Waals surface area contributed by atoms with E-state index in [-0.39, 0.29) is 6.10 Å². The molecule has 4 heterocycles. The minimum Gasteiger partial charge on any atom is -0.495 e. The number of hydrogen-bond acceptors (Lipinski definition) is 8. The summed E-state index contributed by atoms with van der Waals surface area (Å²) in [5, 5.41) is 11.1. The van der Waals surface area contributed by atoms with Gasteiger partial charge in [0, 0.05) is 42.6 Å². The zero-order chi connectivity index (χ0) is 21.2. The number of nitrogens with one attached hydrogen (secondary N) is 2. The Bertz CT molecular complexity index is 1200. The van der Waals surface area contributed by atoms with Crippen LogP contribution in [0.5, 0.6) is 5.75 Å².